The van der Waals surface area contributed by atoms with E-state index in [1.807, 2.05) is 53.3 Å². The standard InChI is InChI=1S/C18H21N5O/c1-19-18(21-13-17-8-5-11-24-17)20-10-9-15-12-22-23(14-15)16-6-3-2-4-7-16/h2-8,11-12,14H,9-10,13H2,1H3,(H2,19,20,21). The van der Waals surface area contributed by atoms with Crippen molar-refractivity contribution < 1.29 is 4.42 Å². The molecular formula is C18H21N5O. The van der Waals surface area contributed by atoms with Gasteiger partial charge in [-0.25, -0.2) is 4.68 Å². The summed E-state index contributed by atoms with van der Waals surface area (Å²) < 4.78 is 7.18. The second kappa shape index (κ2) is 8.01. The predicted octanol–water partition coefficient (Wildman–Crippen LogP) is 2.37. The number of nitrogens with zero attached hydrogens (tertiary/aromatic N) is 3. The van der Waals surface area contributed by atoms with Gasteiger partial charge in [0.25, 0.3) is 0 Å². The second-order valence-corrected chi connectivity index (χ2v) is 5.31. The lowest BCUT2D eigenvalue weighted by atomic mass is 10.2. The number of hydrogen-bond acceptors (Lipinski definition) is 3. The Bertz CT molecular complexity index is 762. The van der Waals surface area contributed by atoms with Gasteiger partial charge in [-0.3, -0.25) is 4.99 Å². The average molecular weight is 323 g/mol. The monoisotopic (exact) mass is 323 g/mol. The zero-order valence-electron chi connectivity index (χ0n) is 13.6. The molecular weight excluding hydrogens is 302 g/mol. The largest absolute Gasteiger partial charge is 0.467 e. The van der Waals surface area contributed by atoms with Gasteiger partial charge in [0.2, 0.25) is 0 Å². The molecule has 1 aromatic carbocycles. The Morgan fingerprint density at radius 1 is 1.17 bits per heavy atom. The Kier molecular flexibility index (Phi) is 5.29. The first-order valence-corrected chi connectivity index (χ1v) is 7.91. The van der Waals surface area contributed by atoms with Gasteiger partial charge in [-0.15, -0.1) is 0 Å². The molecule has 0 aliphatic rings. The molecule has 6 nitrogen and oxygen atoms in total. The molecule has 3 rings (SSSR count). The number of rotatable bonds is 6. The van der Waals surface area contributed by atoms with Gasteiger partial charge in [-0.2, -0.15) is 5.10 Å². The first-order chi connectivity index (χ1) is 11.8. The maximum absolute atomic E-state index is 5.29. The Morgan fingerprint density at radius 2 is 2.04 bits per heavy atom. The van der Waals surface area contributed by atoms with E-state index in [0.29, 0.717) is 6.54 Å². The molecule has 2 N–H and O–H groups in total. The van der Waals surface area contributed by atoms with Crippen LogP contribution in [0.2, 0.25) is 0 Å². The van der Waals surface area contributed by atoms with Gasteiger partial charge < -0.3 is 15.1 Å². The van der Waals surface area contributed by atoms with Crippen LogP contribution in [0.4, 0.5) is 0 Å². The van der Waals surface area contributed by atoms with Crippen LogP contribution in [0.25, 0.3) is 5.69 Å². The lowest BCUT2D eigenvalue weighted by Gasteiger charge is -2.10. The number of nitrogens with one attached hydrogen (secondary N) is 2. The van der Waals surface area contributed by atoms with Gasteiger partial charge in [0.1, 0.15) is 5.76 Å². The first-order valence-electron chi connectivity index (χ1n) is 7.91. The van der Waals surface area contributed by atoms with Crippen LogP contribution in [0.3, 0.4) is 0 Å². The summed E-state index contributed by atoms with van der Waals surface area (Å²) in [7, 11) is 1.75. The van der Waals surface area contributed by atoms with Crippen molar-refractivity contribution in [2.75, 3.05) is 13.6 Å². The van der Waals surface area contributed by atoms with Crippen molar-refractivity contribution in [2.45, 2.75) is 13.0 Å². The highest BCUT2D eigenvalue weighted by atomic mass is 16.3. The number of benzene rings is 1. The van der Waals surface area contributed by atoms with Crippen LogP contribution in [-0.2, 0) is 13.0 Å². The van der Waals surface area contributed by atoms with Crippen LogP contribution in [0.1, 0.15) is 11.3 Å². The van der Waals surface area contributed by atoms with Gasteiger partial charge in [0.15, 0.2) is 5.96 Å². The molecule has 0 atom stereocenters. The molecule has 0 fully saturated rings. The number of aromatic nitrogens is 2. The number of hydrogen-bond donors (Lipinski definition) is 2. The van der Waals surface area contributed by atoms with Crippen LogP contribution in [0, 0.1) is 0 Å². The molecule has 6 heteroatoms. The average Bonchev–Trinajstić information content (AvgIpc) is 3.30. The van der Waals surface area contributed by atoms with E-state index in [1.165, 1.54) is 5.56 Å². The van der Waals surface area contributed by atoms with Crippen molar-refractivity contribution in [3.63, 3.8) is 0 Å². The highest BCUT2D eigenvalue weighted by Crippen LogP contribution is 2.07. The molecule has 0 radical (unpaired) electrons. The third kappa shape index (κ3) is 4.25. The Labute approximate surface area is 141 Å². The molecule has 2 aromatic heterocycles. The summed E-state index contributed by atoms with van der Waals surface area (Å²) in [5.74, 6) is 1.63. The van der Waals surface area contributed by atoms with E-state index in [4.69, 9.17) is 4.42 Å². The van der Waals surface area contributed by atoms with E-state index in [-0.39, 0.29) is 0 Å². The highest BCUT2D eigenvalue weighted by molar-refractivity contribution is 5.79. The maximum Gasteiger partial charge on any atom is 0.191 e. The minimum Gasteiger partial charge on any atom is -0.467 e. The zero-order valence-corrected chi connectivity index (χ0v) is 13.6. The van der Waals surface area contributed by atoms with Gasteiger partial charge >= 0.3 is 0 Å². The molecule has 0 saturated heterocycles. The molecule has 0 unspecified atom stereocenters. The normalized spacial score (nSPS) is 11.5. The SMILES string of the molecule is CN=C(NCCc1cnn(-c2ccccc2)c1)NCc1ccco1. The van der Waals surface area contributed by atoms with E-state index in [1.54, 1.807) is 13.3 Å². The number of para-hydroxylation sites is 1. The summed E-state index contributed by atoms with van der Waals surface area (Å²) >= 11 is 0. The van der Waals surface area contributed by atoms with Crippen molar-refractivity contribution in [2.24, 2.45) is 4.99 Å². The minimum atomic E-state index is 0.610. The van der Waals surface area contributed by atoms with Crippen molar-refractivity contribution in [1.82, 2.24) is 20.4 Å². The smallest absolute Gasteiger partial charge is 0.191 e. The molecule has 0 saturated carbocycles. The fourth-order valence-electron chi connectivity index (χ4n) is 2.34. The van der Waals surface area contributed by atoms with Crippen LogP contribution >= 0.6 is 0 Å². The number of aliphatic imine (C=N–C) groups is 1. The van der Waals surface area contributed by atoms with E-state index >= 15 is 0 Å². The summed E-state index contributed by atoms with van der Waals surface area (Å²) in [5, 5.41) is 10.9. The zero-order chi connectivity index (χ0) is 16.6. The van der Waals surface area contributed by atoms with Gasteiger partial charge in [0.05, 0.1) is 24.7 Å². The van der Waals surface area contributed by atoms with Crippen molar-refractivity contribution in [3.8, 4) is 5.69 Å². The van der Waals surface area contributed by atoms with E-state index in [2.05, 4.69) is 26.9 Å². The second-order valence-electron chi connectivity index (χ2n) is 5.31. The number of furan rings is 1. The van der Waals surface area contributed by atoms with Crippen molar-refractivity contribution in [1.29, 1.82) is 0 Å². The molecule has 24 heavy (non-hydrogen) atoms. The third-order valence-electron chi connectivity index (χ3n) is 3.60. The summed E-state index contributed by atoms with van der Waals surface area (Å²) in [4.78, 5) is 4.20. The van der Waals surface area contributed by atoms with E-state index < -0.39 is 0 Å². The highest BCUT2D eigenvalue weighted by Gasteiger charge is 2.03. The summed E-state index contributed by atoms with van der Waals surface area (Å²) in [6.07, 6.45) is 6.48. The topological polar surface area (TPSA) is 67.4 Å². The molecule has 124 valence electrons. The lowest BCUT2D eigenvalue weighted by molar-refractivity contribution is 0.501. The summed E-state index contributed by atoms with van der Waals surface area (Å²) in [5.41, 5.74) is 2.24. The molecule has 2 heterocycles. The fraction of sp³-hybridized carbons (Fsp3) is 0.222. The molecule has 0 spiro atoms. The molecule has 0 bridgehead atoms. The van der Waals surface area contributed by atoms with Gasteiger partial charge in [-0.05, 0) is 36.2 Å². The fourth-order valence-corrected chi connectivity index (χ4v) is 2.34. The lowest BCUT2D eigenvalue weighted by Crippen LogP contribution is -2.37. The maximum atomic E-state index is 5.29. The molecule has 0 aliphatic carbocycles. The van der Waals surface area contributed by atoms with Gasteiger partial charge in [-0.1, -0.05) is 18.2 Å². The first kappa shape index (κ1) is 15.9. The molecule has 3 aromatic rings. The van der Waals surface area contributed by atoms with Crippen molar-refractivity contribution >= 4 is 5.96 Å². The van der Waals surface area contributed by atoms with E-state index in [9.17, 15) is 0 Å². The Morgan fingerprint density at radius 3 is 2.79 bits per heavy atom. The minimum absolute atomic E-state index is 0.610. The molecule has 0 aliphatic heterocycles. The van der Waals surface area contributed by atoms with Crippen LogP contribution in [-0.4, -0.2) is 29.3 Å². The van der Waals surface area contributed by atoms with Crippen molar-refractivity contribution in [3.05, 3.63) is 72.4 Å². The molecule has 0 amide bonds. The summed E-state index contributed by atoms with van der Waals surface area (Å²) in [6.45, 7) is 1.39. The Balaban J connectivity index is 1.46. The van der Waals surface area contributed by atoms with Crippen LogP contribution < -0.4 is 10.6 Å². The third-order valence-corrected chi connectivity index (χ3v) is 3.60. The number of guanidine groups is 1. The Hall–Kier alpha value is -3.02. The quantitative estimate of drug-likeness (QED) is 0.540. The van der Waals surface area contributed by atoms with E-state index in [0.717, 1.165) is 30.4 Å². The van der Waals surface area contributed by atoms with Crippen LogP contribution in [0.5, 0.6) is 0 Å². The van der Waals surface area contributed by atoms with Gasteiger partial charge in [0, 0.05) is 19.8 Å². The summed E-state index contributed by atoms with van der Waals surface area (Å²) in [6, 6.07) is 13.9. The predicted molar refractivity (Wildman–Crippen MR) is 94.2 cm³/mol. The van der Waals surface area contributed by atoms with Crippen LogP contribution in [0.15, 0.2) is 70.5 Å².